The molecule has 0 aromatic carbocycles. The van der Waals surface area contributed by atoms with E-state index in [0.29, 0.717) is 34.7 Å². The molecule has 4 aliphatic rings. The summed E-state index contributed by atoms with van der Waals surface area (Å²) in [6, 6.07) is 0. The summed E-state index contributed by atoms with van der Waals surface area (Å²) in [5, 5.41) is 0. The van der Waals surface area contributed by atoms with Crippen molar-refractivity contribution in [3.63, 3.8) is 0 Å². The summed E-state index contributed by atoms with van der Waals surface area (Å²) in [6.45, 7) is 9.45. The van der Waals surface area contributed by atoms with Crippen molar-refractivity contribution in [2.45, 2.75) is 97.7 Å². The Bertz CT molecular complexity index is 512. The maximum absolute atomic E-state index is 12.0. The molecule has 24 heavy (non-hydrogen) atoms. The van der Waals surface area contributed by atoms with E-state index in [-0.39, 0.29) is 0 Å². The second-order valence-corrected chi connectivity index (χ2v) is 10.2. The topological polar surface area (TPSA) is 26.3 Å². The Morgan fingerprint density at radius 1 is 0.958 bits per heavy atom. The van der Waals surface area contributed by atoms with Crippen LogP contribution in [0.1, 0.15) is 85.5 Å². The first-order valence-corrected chi connectivity index (χ1v) is 10.5. The van der Waals surface area contributed by atoms with Gasteiger partial charge in [0.1, 0.15) is 5.78 Å². The van der Waals surface area contributed by atoms with Gasteiger partial charge < -0.3 is 4.74 Å². The van der Waals surface area contributed by atoms with Crippen LogP contribution in [-0.2, 0) is 9.53 Å². The number of hydrogen-bond acceptors (Lipinski definition) is 2. The minimum Gasteiger partial charge on any atom is -0.375 e. The Labute approximate surface area is 148 Å². The molecule has 0 spiro atoms. The van der Waals surface area contributed by atoms with Crippen LogP contribution in [0, 0.1) is 34.5 Å². The molecule has 0 heterocycles. The summed E-state index contributed by atoms with van der Waals surface area (Å²) in [5.41, 5.74) is 0.842. The standard InChI is InChI=1S/C22H36O2/c1-14(2)24-20-8-7-18-17-6-5-15-13-16(23)9-11-21(15,3)19(17)10-12-22(18,20)4/h14-15,17-20H,5-13H2,1-4H3/t15?,17-,18?,19?,20-,21-,22-/m0/s1. The number of ketones is 1. The van der Waals surface area contributed by atoms with Gasteiger partial charge in [-0.2, -0.15) is 0 Å². The van der Waals surface area contributed by atoms with E-state index in [1.54, 1.807) is 0 Å². The van der Waals surface area contributed by atoms with Crippen LogP contribution < -0.4 is 0 Å². The number of hydrogen-bond donors (Lipinski definition) is 0. The van der Waals surface area contributed by atoms with Crippen molar-refractivity contribution in [1.29, 1.82) is 0 Å². The first kappa shape index (κ1) is 17.1. The van der Waals surface area contributed by atoms with Gasteiger partial charge in [-0.15, -0.1) is 0 Å². The maximum Gasteiger partial charge on any atom is 0.133 e. The van der Waals surface area contributed by atoms with Crippen LogP contribution in [0.4, 0.5) is 0 Å². The average molecular weight is 333 g/mol. The van der Waals surface area contributed by atoms with E-state index >= 15 is 0 Å². The maximum atomic E-state index is 12.0. The highest BCUT2D eigenvalue weighted by Crippen LogP contribution is 2.66. The van der Waals surface area contributed by atoms with E-state index < -0.39 is 0 Å². The largest absolute Gasteiger partial charge is 0.375 e. The highest BCUT2D eigenvalue weighted by molar-refractivity contribution is 5.79. The molecule has 4 fully saturated rings. The molecular formula is C22H36O2. The zero-order valence-corrected chi connectivity index (χ0v) is 16.1. The van der Waals surface area contributed by atoms with Gasteiger partial charge in [-0.05, 0) is 93.3 Å². The van der Waals surface area contributed by atoms with Crippen molar-refractivity contribution in [2.75, 3.05) is 0 Å². The molecule has 0 N–H and O–H groups in total. The summed E-state index contributed by atoms with van der Waals surface area (Å²) in [5.74, 6) is 3.81. The molecule has 0 aliphatic heterocycles. The molecule has 2 heteroatoms. The lowest BCUT2D eigenvalue weighted by molar-refractivity contribution is -0.148. The fraction of sp³-hybridized carbons (Fsp3) is 0.955. The third-order valence-corrected chi connectivity index (χ3v) is 8.83. The number of carbonyl (C=O) groups is 1. The second kappa shape index (κ2) is 5.83. The Kier molecular flexibility index (Phi) is 4.14. The van der Waals surface area contributed by atoms with E-state index in [2.05, 4.69) is 27.7 Å². The molecule has 0 saturated heterocycles. The van der Waals surface area contributed by atoms with Crippen LogP contribution in [-0.4, -0.2) is 18.0 Å². The van der Waals surface area contributed by atoms with Crippen molar-refractivity contribution in [3.8, 4) is 0 Å². The SMILES string of the molecule is CC(C)O[C@H]1CCC2[C@@H]3CCC4CC(=O)CC[C@]4(C)C3CC[C@@]21C. The normalized spacial score (nSPS) is 51.2. The summed E-state index contributed by atoms with van der Waals surface area (Å²) in [7, 11) is 0. The lowest BCUT2D eigenvalue weighted by Crippen LogP contribution is -2.54. The minimum atomic E-state index is 0.348. The average Bonchev–Trinajstić information content (AvgIpc) is 2.84. The minimum absolute atomic E-state index is 0.348. The Morgan fingerprint density at radius 2 is 1.71 bits per heavy atom. The van der Waals surface area contributed by atoms with Crippen molar-refractivity contribution < 1.29 is 9.53 Å². The summed E-state index contributed by atoms with van der Waals surface area (Å²) in [4.78, 5) is 12.0. The van der Waals surface area contributed by atoms with Gasteiger partial charge in [-0.25, -0.2) is 0 Å². The molecule has 3 unspecified atom stereocenters. The highest BCUT2D eigenvalue weighted by Gasteiger charge is 2.60. The Balaban J connectivity index is 1.57. The smallest absolute Gasteiger partial charge is 0.133 e. The summed E-state index contributed by atoms with van der Waals surface area (Å²) in [6.07, 6.45) is 11.7. The number of carbonyl (C=O) groups excluding carboxylic acids is 1. The lowest BCUT2D eigenvalue weighted by Gasteiger charge is -2.60. The van der Waals surface area contributed by atoms with Crippen molar-refractivity contribution in [1.82, 2.24) is 0 Å². The van der Waals surface area contributed by atoms with Crippen molar-refractivity contribution in [3.05, 3.63) is 0 Å². The molecule has 136 valence electrons. The Hall–Kier alpha value is -0.370. The van der Waals surface area contributed by atoms with Crippen LogP contribution in [0.15, 0.2) is 0 Å². The molecule has 7 atom stereocenters. The first-order chi connectivity index (χ1) is 11.3. The zero-order valence-electron chi connectivity index (χ0n) is 16.1. The van der Waals surface area contributed by atoms with Crippen LogP contribution in [0.3, 0.4) is 0 Å². The van der Waals surface area contributed by atoms with Crippen LogP contribution in [0.25, 0.3) is 0 Å². The molecule has 0 aromatic heterocycles. The fourth-order valence-electron chi connectivity index (χ4n) is 7.55. The fourth-order valence-corrected chi connectivity index (χ4v) is 7.55. The molecule has 0 amide bonds. The van der Waals surface area contributed by atoms with Gasteiger partial charge in [0.15, 0.2) is 0 Å². The summed E-state index contributed by atoms with van der Waals surface area (Å²) >= 11 is 0. The predicted molar refractivity (Wildman–Crippen MR) is 96.7 cm³/mol. The lowest BCUT2D eigenvalue weighted by atomic mass is 9.45. The van der Waals surface area contributed by atoms with E-state index in [9.17, 15) is 4.79 Å². The molecule has 0 radical (unpaired) electrons. The van der Waals surface area contributed by atoms with Gasteiger partial charge in [-0.3, -0.25) is 4.79 Å². The third-order valence-electron chi connectivity index (χ3n) is 8.83. The van der Waals surface area contributed by atoms with E-state index in [4.69, 9.17) is 4.74 Å². The molecular weight excluding hydrogens is 296 g/mol. The number of fused-ring (bicyclic) bond motifs is 5. The van der Waals surface area contributed by atoms with E-state index in [1.165, 1.54) is 38.5 Å². The quantitative estimate of drug-likeness (QED) is 0.677. The van der Waals surface area contributed by atoms with Gasteiger partial charge in [0.05, 0.1) is 12.2 Å². The molecule has 4 aliphatic carbocycles. The van der Waals surface area contributed by atoms with Crippen molar-refractivity contribution in [2.24, 2.45) is 34.5 Å². The van der Waals surface area contributed by atoms with Crippen molar-refractivity contribution >= 4 is 5.78 Å². The van der Waals surface area contributed by atoms with Crippen LogP contribution >= 0.6 is 0 Å². The second-order valence-electron chi connectivity index (χ2n) is 10.2. The van der Waals surface area contributed by atoms with E-state index in [1.807, 2.05) is 0 Å². The monoisotopic (exact) mass is 332 g/mol. The summed E-state index contributed by atoms with van der Waals surface area (Å²) < 4.78 is 6.36. The molecule has 0 bridgehead atoms. The molecule has 4 saturated carbocycles. The third kappa shape index (κ3) is 2.42. The molecule has 2 nitrogen and oxygen atoms in total. The van der Waals surface area contributed by atoms with Gasteiger partial charge in [-0.1, -0.05) is 13.8 Å². The number of rotatable bonds is 2. The first-order valence-electron chi connectivity index (χ1n) is 10.5. The number of Topliss-reactive ketones (excluding diaryl/α,β-unsaturated/α-hetero) is 1. The van der Waals surface area contributed by atoms with E-state index in [0.717, 1.165) is 37.0 Å². The highest BCUT2D eigenvalue weighted by atomic mass is 16.5. The number of ether oxygens (including phenoxy) is 1. The molecule has 0 aromatic rings. The molecule has 4 rings (SSSR count). The van der Waals surface area contributed by atoms with Gasteiger partial charge in [0, 0.05) is 12.8 Å². The van der Waals surface area contributed by atoms with Gasteiger partial charge in [0.25, 0.3) is 0 Å². The zero-order chi connectivity index (χ0) is 17.1. The van der Waals surface area contributed by atoms with Gasteiger partial charge in [0.2, 0.25) is 0 Å². The van der Waals surface area contributed by atoms with Gasteiger partial charge >= 0.3 is 0 Å². The Morgan fingerprint density at radius 3 is 2.46 bits per heavy atom. The predicted octanol–water partition coefficient (Wildman–Crippen LogP) is 5.39. The van der Waals surface area contributed by atoms with Crippen LogP contribution in [0.2, 0.25) is 0 Å². The van der Waals surface area contributed by atoms with Crippen LogP contribution in [0.5, 0.6) is 0 Å².